The second-order valence-electron chi connectivity index (χ2n) is 4.52. The van der Waals surface area contributed by atoms with Crippen molar-refractivity contribution in [1.82, 2.24) is 10.2 Å². The van der Waals surface area contributed by atoms with Crippen molar-refractivity contribution in [1.29, 1.82) is 0 Å². The third kappa shape index (κ3) is 3.75. The topological polar surface area (TPSA) is 24.5 Å². The minimum Gasteiger partial charge on any atom is -0.374 e. The molecule has 5 heteroatoms. The van der Waals surface area contributed by atoms with E-state index in [1.807, 2.05) is 19.2 Å². The molecule has 0 amide bonds. The molecule has 1 saturated heterocycles. The quantitative estimate of drug-likeness (QED) is 0.919. The molecule has 1 heterocycles. The average molecular weight is 317 g/mol. The van der Waals surface area contributed by atoms with Gasteiger partial charge in [0.15, 0.2) is 0 Å². The first-order valence-electron chi connectivity index (χ1n) is 6.11. The predicted octanol–water partition coefficient (Wildman–Crippen LogP) is 2.01. The van der Waals surface area contributed by atoms with Crippen molar-refractivity contribution in [3.05, 3.63) is 34.1 Å². The van der Waals surface area contributed by atoms with Gasteiger partial charge in [-0.2, -0.15) is 0 Å². The lowest BCUT2D eigenvalue weighted by Gasteiger charge is -2.32. The van der Waals surface area contributed by atoms with Gasteiger partial charge in [-0.25, -0.2) is 4.39 Å². The van der Waals surface area contributed by atoms with Crippen LogP contribution in [0.25, 0.3) is 0 Å². The number of morpholine rings is 1. The molecule has 1 aromatic carbocycles. The Morgan fingerprint density at radius 3 is 3.11 bits per heavy atom. The number of halogens is 2. The van der Waals surface area contributed by atoms with Gasteiger partial charge in [-0.3, -0.25) is 4.90 Å². The largest absolute Gasteiger partial charge is 0.374 e. The number of likely N-dealkylation sites (N-methyl/N-ethyl adjacent to an activating group) is 1. The third-order valence-electron chi connectivity index (χ3n) is 3.06. The highest BCUT2D eigenvalue weighted by molar-refractivity contribution is 9.10. The van der Waals surface area contributed by atoms with E-state index < -0.39 is 0 Å². The normalized spacial score (nSPS) is 21.2. The summed E-state index contributed by atoms with van der Waals surface area (Å²) in [6, 6.07) is 5.23. The van der Waals surface area contributed by atoms with E-state index in [2.05, 4.69) is 26.1 Å². The first-order chi connectivity index (χ1) is 8.69. The molecule has 1 aliphatic heterocycles. The number of rotatable bonds is 4. The molecule has 2 rings (SSSR count). The molecular formula is C13H18BrFN2O. The average Bonchev–Trinajstić information content (AvgIpc) is 2.34. The molecule has 0 aliphatic carbocycles. The predicted molar refractivity (Wildman–Crippen MR) is 73.0 cm³/mol. The number of nitrogens with one attached hydrogen (secondary N) is 1. The van der Waals surface area contributed by atoms with Crippen molar-refractivity contribution >= 4 is 15.9 Å². The molecule has 0 bridgehead atoms. The van der Waals surface area contributed by atoms with Gasteiger partial charge in [0.2, 0.25) is 0 Å². The van der Waals surface area contributed by atoms with Crippen LogP contribution in [0.3, 0.4) is 0 Å². The first-order valence-corrected chi connectivity index (χ1v) is 6.91. The monoisotopic (exact) mass is 316 g/mol. The summed E-state index contributed by atoms with van der Waals surface area (Å²) >= 11 is 3.27. The zero-order chi connectivity index (χ0) is 13.0. The minimum absolute atomic E-state index is 0.152. The van der Waals surface area contributed by atoms with Crippen LogP contribution in [0.15, 0.2) is 22.7 Å². The maximum absolute atomic E-state index is 13.8. The molecule has 3 nitrogen and oxygen atoms in total. The van der Waals surface area contributed by atoms with E-state index in [9.17, 15) is 4.39 Å². The van der Waals surface area contributed by atoms with Gasteiger partial charge in [0.05, 0.1) is 12.7 Å². The van der Waals surface area contributed by atoms with Gasteiger partial charge >= 0.3 is 0 Å². The van der Waals surface area contributed by atoms with E-state index in [1.165, 1.54) is 6.07 Å². The molecular weight excluding hydrogens is 299 g/mol. The molecule has 18 heavy (non-hydrogen) atoms. The molecule has 0 aromatic heterocycles. The highest BCUT2D eigenvalue weighted by Gasteiger charge is 2.20. The van der Waals surface area contributed by atoms with Gasteiger partial charge in [-0.1, -0.05) is 22.0 Å². The second-order valence-corrected chi connectivity index (χ2v) is 5.44. The Morgan fingerprint density at radius 1 is 1.56 bits per heavy atom. The summed E-state index contributed by atoms with van der Waals surface area (Å²) in [5.74, 6) is -0.152. The number of hydrogen-bond donors (Lipinski definition) is 1. The maximum atomic E-state index is 13.8. The molecule has 0 spiro atoms. The number of nitrogens with zero attached hydrogens (tertiary/aromatic N) is 1. The van der Waals surface area contributed by atoms with Crippen molar-refractivity contribution in [2.45, 2.75) is 12.6 Å². The summed E-state index contributed by atoms with van der Waals surface area (Å²) in [5.41, 5.74) is 0.739. The van der Waals surface area contributed by atoms with Crippen LogP contribution in [0.4, 0.5) is 4.39 Å². The van der Waals surface area contributed by atoms with Crippen LogP contribution in [-0.4, -0.2) is 44.3 Å². The van der Waals surface area contributed by atoms with Crippen LogP contribution < -0.4 is 5.32 Å². The van der Waals surface area contributed by atoms with Crippen LogP contribution in [0, 0.1) is 5.82 Å². The van der Waals surface area contributed by atoms with Gasteiger partial charge < -0.3 is 10.1 Å². The maximum Gasteiger partial charge on any atom is 0.128 e. The van der Waals surface area contributed by atoms with E-state index >= 15 is 0 Å². The highest BCUT2D eigenvalue weighted by atomic mass is 79.9. The van der Waals surface area contributed by atoms with Crippen molar-refractivity contribution in [2.24, 2.45) is 0 Å². The third-order valence-corrected chi connectivity index (χ3v) is 3.56. The molecule has 100 valence electrons. The summed E-state index contributed by atoms with van der Waals surface area (Å²) in [7, 11) is 1.91. The summed E-state index contributed by atoms with van der Waals surface area (Å²) in [6.07, 6.45) is 0.197. The van der Waals surface area contributed by atoms with Crippen LogP contribution in [0.5, 0.6) is 0 Å². The lowest BCUT2D eigenvalue weighted by atomic mass is 10.1. The van der Waals surface area contributed by atoms with E-state index in [1.54, 1.807) is 0 Å². The lowest BCUT2D eigenvalue weighted by molar-refractivity contribution is -0.0294. The smallest absolute Gasteiger partial charge is 0.128 e. The Hall–Kier alpha value is -0.490. The molecule has 1 aromatic rings. The molecule has 1 aliphatic rings. The van der Waals surface area contributed by atoms with Gasteiger partial charge in [-0.05, 0) is 19.2 Å². The van der Waals surface area contributed by atoms with Crippen LogP contribution in [0.2, 0.25) is 0 Å². The van der Waals surface area contributed by atoms with E-state index in [0.717, 1.165) is 29.7 Å². The molecule has 1 atom stereocenters. The van der Waals surface area contributed by atoms with E-state index in [0.29, 0.717) is 13.2 Å². The van der Waals surface area contributed by atoms with Gasteiger partial charge in [0.25, 0.3) is 0 Å². The molecule has 1 fully saturated rings. The summed E-state index contributed by atoms with van der Waals surface area (Å²) in [5, 5.41) is 3.11. The van der Waals surface area contributed by atoms with Gasteiger partial charge in [0.1, 0.15) is 5.82 Å². The number of hydrogen-bond acceptors (Lipinski definition) is 3. The van der Waals surface area contributed by atoms with Gasteiger partial charge in [-0.15, -0.1) is 0 Å². The van der Waals surface area contributed by atoms with Crippen LogP contribution in [0.1, 0.15) is 5.56 Å². The van der Waals surface area contributed by atoms with Crippen molar-refractivity contribution in [3.8, 4) is 0 Å². The SMILES string of the molecule is CNCC1CN(Cc2ccc(Br)cc2F)CCO1. The summed E-state index contributed by atoms with van der Waals surface area (Å²) in [4.78, 5) is 2.23. The Bertz CT molecular complexity index is 401. The van der Waals surface area contributed by atoms with Crippen molar-refractivity contribution in [3.63, 3.8) is 0 Å². The minimum atomic E-state index is -0.152. The molecule has 1 unspecified atom stereocenters. The Kier molecular flexibility index (Phi) is 5.12. The fraction of sp³-hybridized carbons (Fsp3) is 0.538. The lowest BCUT2D eigenvalue weighted by Crippen LogP contribution is -2.45. The van der Waals surface area contributed by atoms with Crippen LogP contribution in [-0.2, 0) is 11.3 Å². The standard InChI is InChI=1S/C13H18BrFN2O/c1-16-7-12-9-17(4-5-18-12)8-10-2-3-11(14)6-13(10)15/h2-3,6,12,16H,4-5,7-9H2,1H3. The van der Waals surface area contributed by atoms with Gasteiger partial charge in [0, 0.05) is 36.2 Å². The van der Waals surface area contributed by atoms with Crippen LogP contribution >= 0.6 is 15.9 Å². The second kappa shape index (κ2) is 6.61. The van der Waals surface area contributed by atoms with Crippen molar-refractivity contribution < 1.29 is 9.13 Å². The Labute approximate surface area is 115 Å². The fourth-order valence-electron chi connectivity index (χ4n) is 2.17. The van der Waals surface area contributed by atoms with E-state index in [4.69, 9.17) is 4.74 Å². The molecule has 1 N–H and O–H groups in total. The Balaban J connectivity index is 1.96. The number of ether oxygens (including phenoxy) is 1. The Morgan fingerprint density at radius 2 is 2.39 bits per heavy atom. The number of benzene rings is 1. The molecule has 0 radical (unpaired) electrons. The van der Waals surface area contributed by atoms with Crippen molar-refractivity contribution in [2.75, 3.05) is 33.3 Å². The summed E-state index contributed by atoms with van der Waals surface area (Å²) < 4.78 is 20.2. The zero-order valence-electron chi connectivity index (χ0n) is 10.5. The zero-order valence-corrected chi connectivity index (χ0v) is 12.0. The highest BCUT2D eigenvalue weighted by Crippen LogP contribution is 2.18. The first kappa shape index (κ1) is 13.9. The van der Waals surface area contributed by atoms with E-state index in [-0.39, 0.29) is 11.9 Å². The summed E-state index contributed by atoms with van der Waals surface area (Å²) in [6.45, 7) is 3.89. The molecule has 0 saturated carbocycles. The fourth-order valence-corrected chi connectivity index (χ4v) is 2.50.